The SMILES string of the molecule is COc1cccc(-c2n[nH]c(=S)n2/N=C/c2ccc(OC)c(OC)c2OC)c1. The van der Waals surface area contributed by atoms with Crippen LogP contribution in [0.15, 0.2) is 41.5 Å². The van der Waals surface area contributed by atoms with E-state index >= 15 is 0 Å². The third kappa shape index (κ3) is 3.70. The van der Waals surface area contributed by atoms with Gasteiger partial charge in [0.25, 0.3) is 0 Å². The molecule has 9 heteroatoms. The molecule has 0 radical (unpaired) electrons. The van der Waals surface area contributed by atoms with Crippen molar-refractivity contribution in [1.29, 1.82) is 0 Å². The van der Waals surface area contributed by atoms with E-state index in [-0.39, 0.29) is 0 Å². The summed E-state index contributed by atoms with van der Waals surface area (Å²) in [4.78, 5) is 0. The van der Waals surface area contributed by atoms with E-state index in [1.54, 1.807) is 40.7 Å². The lowest BCUT2D eigenvalue weighted by Gasteiger charge is -2.13. The minimum atomic E-state index is 0.355. The summed E-state index contributed by atoms with van der Waals surface area (Å²) in [6, 6.07) is 11.1. The van der Waals surface area contributed by atoms with Crippen molar-refractivity contribution in [1.82, 2.24) is 14.9 Å². The van der Waals surface area contributed by atoms with Crippen LogP contribution in [0.3, 0.4) is 0 Å². The Labute approximate surface area is 167 Å². The van der Waals surface area contributed by atoms with E-state index in [0.29, 0.717) is 39.2 Å². The summed E-state index contributed by atoms with van der Waals surface area (Å²) in [5.74, 6) is 2.82. The number of nitrogens with one attached hydrogen (secondary N) is 1. The largest absolute Gasteiger partial charge is 0.497 e. The molecule has 0 bridgehead atoms. The third-order valence-electron chi connectivity index (χ3n) is 4.03. The van der Waals surface area contributed by atoms with Crippen LogP contribution in [0.1, 0.15) is 5.56 Å². The van der Waals surface area contributed by atoms with E-state index < -0.39 is 0 Å². The summed E-state index contributed by atoms with van der Waals surface area (Å²) in [5, 5.41) is 11.5. The van der Waals surface area contributed by atoms with Crippen LogP contribution in [0.5, 0.6) is 23.0 Å². The van der Waals surface area contributed by atoms with Crippen molar-refractivity contribution in [3.63, 3.8) is 0 Å². The zero-order chi connectivity index (χ0) is 20.1. The second-order valence-electron chi connectivity index (χ2n) is 5.56. The van der Waals surface area contributed by atoms with Crippen LogP contribution in [0.2, 0.25) is 0 Å². The summed E-state index contributed by atoms with van der Waals surface area (Å²) in [6.07, 6.45) is 1.62. The monoisotopic (exact) mass is 400 g/mol. The van der Waals surface area contributed by atoms with Gasteiger partial charge in [0.1, 0.15) is 5.75 Å². The molecule has 1 N–H and O–H groups in total. The van der Waals surface area contributed by atoms with Gasteiger partial charge in [-0.2, -0.15) is 14.9 Å². The molecule has 0 saturated carbocycles. The fourth-order valence-electron chi connectivity index (χ4n) is 2.69. The summed E-state index contributed by atoms with van der Waals surface area (Å²) in [7, 11) is 6.28. The van der Waals surface area contributed by atoms with Crippen LogP contribution in [-0.2, 0) is 0 Å². The summed E-state index contributed by atoms with van der Waals surface area (Å²) in [6.45, 7) is 0. The number of hydrogen-bond donors (Lipinski definition) is 1. The van der Waals surface area contributed by atoms with E-state index in [0.717, 1.165) is 5.56 Å². The Morgan fingerprint density at radius 1 is 1.00 bits per heavy atom. The fraction of sp³-hybridized carbons (Fsp3) is 0.211. The average molecular weight is 400 g/mol. The number of ether oxygens (including phenoxy) is 4. The lowest BCUT2D eigenvalue weighted by molar-refractivity contribution is 0.324. The number of H-pyrrole nitrogens is 1. The highest BCUT2D eigenvalue weighted by atomic mass is 32.1. The Hall–Kier alpha value is -3.33. The van der Waals surface area contributed by atoms with Crippen LogP contribution in [0.4, 0.5) is 0 Å². The van der Waals surface area contributed by atoms with Crippen molar-refractivity contribution < 1.29 is 18.9 Å². The van der Waals surface area contributed by atoms with Crippen molar-refractivity contribution in [3.8, 4) is 34.4 Å². The van der Waals surface area contributed by atoms with E-state index in [1.807, 2.05) is 30.3 Å². The highest BCUT2D eigenvalue weighted by Crippen LogP contribution is 2.39. The highest BCUT2D eigenvalue weighted by molar-refractivity contribution is 7.71. The molecule has 2 aromatic carbocycles. The minimum absolute atomic E-state index is 0.355. The quantitative estimate of drug-likeness (QED) is 0.483. The maximum atomic E-state index is 5.48. The van der Waals surface area contributed by atoms with Gasteiger partial charge in [0.15, 0.2) is 17.3 Å². The molecule has 1 aromatic heterocycles. The van der Waals surface area contributed by atoms with Gasteiger partial charge in [-0.15, -0.1) is 0 Å². The van der Waals surface area contributed by atoms with Crippen LogP contribution >= 0.6 is 12.2 Å². The van der Waals surface area contributed by atoms with Gasteiger partial charge in [-0.25, -0.2) is 5.10 Å². The molecule has 0 spiro atoms. The maximum Gasteiger partial charge on any atom is 0.216 e. The zero-order valence-corrected chi connectivity index (χ0v) is 16.7. The molecule has 0 aliphatic rings. The minimum Gasteiger partial charge on any atom is -0.497 e. The molecule has 0 unspecified atom stereocenters. The molecule has 0 saturated heterocycles. The summed E-state index contributed by atoms with van der Waals surface area (Å²) in [5.41, 5.74) is 1.50. The molecule has 0 amide bonds. The van der Waals surface area contributed by atoms with Gasteiger partial charge < -0.3 is 18.9 Å². The standard InChI is InChI=1S/C19H20N4O4S/c1-24-14-7-5-6-12(10-14)18-21-22-19(28)23(18)20-11-13-8-9-15(25-2)17(27-4)16(13)26-3/h5-11H,1-4H3,(H,22,28)/b20-11+. The average Bonchev–Trinajstić information content (AvgIpc) is 3.11. The number of hydrogen-bond acceptors (Lipinski definition) is 7. The van der Waals surface area contributed by atoms with Crippen molar-refractivity contribution in [2.24, 2.45) is 5.10 Å². The summed E-state index contributed by atoms with van der Waals surface area (Å²) >= 11 is 5.32. The normalized spacial score (nSPS) is 10.9. The highest BCUT2D eigenvalue weighted by Gasteiger charge is 2.15. The first kappa shape index (κ1) is 19.4. The van der Waals surface area contributed by atoms with Gasteiger partial charge in [-0.3, -0.25) is 0 Å². The fourth-order valence-corrected chi connectivity index (χ4v) is 2.87. The molecule has 0 fully saturated rings. The van der Waals surface area contributed by atoms with Crippen molar-refractivity contribution in [2.75, 3.05) is 28.4 Å². The van der Waals surface area contributed by atoms with E-state index in [9.17, 15) is 0 Å². The Kier molecular flexibility index (Phi) is 5.95. The number of aromatic nitrogens is 3. The Morgan fingerprint density at radius 2 is 1.79 bits per heavy atom. The van der Waals surface area contributed by atoms with Gasteiger partial charge in [-0.05, 0) is 36.5 Å². The van der Waals surface area contributed by atoms with Crippen LogP contribution < -0.4 is 18.9 Å². The lowest BCUT2D eigenvalue weighted by atomic mass is 10.2. The van der Waals surface area contributed by atoms with Crippen molar-refractivity contribution >= 4 is 18.4 Å². The van der Waals surface area contributed by atoms with Gasteiger partial charge in [0.05, 0.1) is 34.7 Å². The van der Waals surface area contributed by atoms with E-state index in [2.05, 4.69) is 15.3 Å². The molecule has 1 heterocycles. The Balaban J connectivity index is 2.05. The summed E-state index contributed by atoms with van der Waals surface area (Å²) < 4.78 is 23.4. The maximum absolute atomic E-state index is 5.48. The van der Waals surface area contributed by atoms with Crippen molar-refractivity contribution in [3.05, 3.63) is 46.7 Å². The molecular weight excluding hydrogens is 380 g/mol. The van der Waals surface area contributed by atoms with Gasteiger partial charge >= 0.3 is 0 Å². The first-order valence-electron chi connectivity index (χ1n) is 8.28. The second-order valence-corrected chi connectivity index (χ2v) is 5.95. The topological polar surface area (TPSA) is 82.9 Å². The number of nitrogens with zero attached hydrogens (tertiary/aromatic N) is 3. The molecule has 146 valence electrons. The van der Waals surface area contributed by atoms with Crippen molar-refractivity contribution in [2.45, 2.75) is 0 Å². The molecule has 0 atom stereocenters. The number of aromatic amines is 1. The Morgan fingerprint density at radius 3 is 2.46 bits per heavy atom. The van der Waals surface area contributed by atoms with Crippen LogP contribution in [-0.4, -0.2) is 49.5 Å². The van der Waals surface area contributed by atoms with E-state index in [4.69, 9.17) is 31.2 Å². The predicted octanol–water partition coefficient (Wildman–Crippen LogP) is 3.52. The van der Waals surface area contributed by atoms with Gasteiger partial charge in [0.2, 0.25) is 10.5 Å². The Bertz CT molecular complexity index is 1060. The molecule has 8 nitrogen and oxygen atoms in total. The first-order valence-corrected chi connectivity index (χ1v) is 8.69. The number of methoxy groups -OCH3 is 4. The molecule has 0 aliphatic heterocycles. The molecular formula is C19H20N4O4S. The third-order valence-corrected chi connectivity index (χ3v) is 4.29. The van der Waals surface area contributed by atoms with E-state index in [1.165, 1.54) is 4.68 Å². The number of benzene rings is 2. The molecule has 3 aromatic rings. The predicted molar refractivity (Wildman–Crippen MR) is 108 cm³/mol. The molecule has 0 aliphatic carbocycles. The van der Waals surface area contributed by atoms with Crippen LogP contribution in [0.25, 0.3) is 11.4 Å². The number of rotatable bonds is 7. The second kappa shape index (κ2) is 8.57. The molecule has 3 rings (SSSR count). The first-order chi connectivity index (χ1) is 13.6. The smallest absolute Gasteiger partial charge is 0.216 e. The van der Waals surface area contributed by atoms with Gasteiger partial charge in [-0.1, -0.05) is 12.1 Å². The molecule has 28 heavy (non-hydrogen) atoms. The van der Waals surface area contributed by atoms with Gasteiger partial charge in [0, 0.05) is 11.1 Å². The van der Waals surface area contributed by atoms with Crippen LogP contribution in [0, 0.1) is 4.77 Å². The lowest BCUT2D eigenvalue weighted by Crippen LogP contribution is -2.00. The zero-order valence-electron chi connectivity index (χ0n) is 15.9.